The summed E-state index contributed by atoms with van der Waals surface area (Å²) in [5.41, 5.74) is 5.49. The Bertz CT molecular complexity index is 487. The van der Waals surface area contributed by atoms with Crippen molar-refractivity contribution in [2.75, 3.05) is 6.54 Å². The highest BCUT2D eigenvalue weighted by atomic mass is 79.9. The Kier molecular flexibility index (Phi) is 4.53. The number of rotatable bonds is 5. The van der Waals surface area contributed by atoms with Gasteiger partial charge in [0.05, 0.1) is 0 Å². The normalized spacial score (nSPS) is 10.5. The maximum Gasteiger partial charge on any atom is 0.140 e. The number of aromatic nitrogens is 1. The van der Waals surface area contributed by atoms with Crippen LogP contribution in [0, 0.1) is 0 Å². The van der Waals surface area contributed by atoms with Crippen LogP contribution in [0.25, 0.3) is 0 Å². The standard InChI is InChI=1S/C12H13BrN2OS/c13-9-2-1-3-10(6-9)16-8-12-15-7-11(17-12)4-5-14/h1-3,6-7H,4-5,8,14H2. The minimum atomic E-state index is 0.506. The van der Waals surface area contributed by atoms with Gasteiger partial charge in [0, 0.05) is 15.5 Å². The molecule has 90 valence electrons. The van der Waals surface area contributed by atoms with Crippen molar-refractivity contribution in [2.24, 2.45) is 5.73 Å². The highest BCUT2D eigenvalue weighted by Crippen LogP contribution is 2.20. The number of halogens is 1. The first-order valence-electron chi connectivity index (χ1n) is 5.30. The summed E-state index contributed by atoms with van der Waals surface area (Å²) in [7, 11) is 0. The molecule has 0 saturated heterocycles. The van der Waals surface area contributed by atoms with Gasteiger partial charge in [0.1, 0.15) is 17.4 Å². The molecule has 0 amide bonds. The van der Waals surface area contributed by atoms with Crippen LogP contribution in [-0.4, -0.2) is 11.5 Å². The average molecular weight is 313 g/mol. The third kappa shape index (κ3) is 3.80. The Labute approximate surface area is 113 Å². The second-order valence-electron chi connectivity index (χ2n) is 3.51. The molecular formula is C12H13BrN2OS. The Hall–Kier alpha value is -0.910. The lowest BCUT2D eigenvalue weighted by molar-refractivity contribution is 0.305. The van der Waals surface area contributed by atoms with Crippen LogP contribution < -0.4 is 10.5 Å². The van der Waals surface area contributed by atoms with Crippen molar-refractivity contribution in [3.8, 4) is 5.75 Å². The van der Waals surface area contributed by atoms with Crippen molar-refractivity contribution in [3.05, 3.63) is 44.8 Å². The molecule has 2 rings (SSSR count). The SMILES string of the molecule is NCCc1cnc(COc2cccc(Br)c2)s1. The van der Waals surface area contributed by atoms with Crippen LogP contribution in [0.2, 0.25) is 0 Å². The first-order chi connectivity index (χ1) is 8.28. The molecule has 1 heterocycles. The Morgan fingerprint density at radius 2 is 2.29 bits per heavy atom. The zero-order chi connectivity index (χ0) is 12.1. The lowest BCUT2D eigenvalue weighted by atomic mass is 10.3. The van der Waals surface area contributed by atoms with Crippen molar-refractivity contribution in [1.82, 2.24) is 4.98 Å². The quantitative estimate of drug-likeness (QED) is 0.923. The number of nitrogens with two attached hydrogens (primary N) is 1. The molecule has 5 heteroatoms. The minimum absolute atomic E-state index is 0.506. The molecule has 2 aromatic rings. The smallest absolute Gasteiger partial charge is 0.140 e. The summed E-state index contributed by atoms with van der Waals surface area (Å²) < 4.78 is 6.66. The van der Waals surface area contributed by atoms with E-state index in [4.69, 9.17) is 10.5 Å². The number of nitrogens with zero attached hydrogens (tertiary/aromatic N) is 1. The van der Waals surface area contributed by atoms with E-state index in [9.17, 15) is 0 Å². The topological polar surface area (TPSA) is 48.1 Å². The van der Waals surface area contributed by atoms with E-state index in [1.54, 1.807) is 11.3 Å². The second kappa shape index (κ2) is 6.14. The van der Waals surface area contributed by atoms with Gasteiger partial charge < -0.3 is 10.5 Å². The minimum Gasteiger partial charge on any atom is -0.486 e. The van der Waals surface area contributed by atoms with Gasteiger partial charge in [-0.1, -0.05) is 22.0 Å². The summed E-state index contributed by atoms with van der Waals surface area (Å²) in [5, 5.41) is 0.980. The molecule has 2 N–H and O–H groups in total. The first kappa shape index (κ1) is 12.5. The van der Waals surface area contributed by atoms with E-state index in [0.29, 0.717) is 13.2 Å². The summed E-state index contributed by atoms with van der Waals surface area (Å²) in [6.07, 6.45) is 2.76. The lowest BCUT2D eigenvalue weighted by Crippen LogP contribution is -2.00. The molecule has 0 aliphatic rings. The fourth-order valence-electron chi connectivity index (χ4n) is 1.37. The molecule has 0 atom stereocenters. The molecule has 1 aromatic carbocycles. The molecule has 17 heavy (non-hydrogen) atoms. The van der Waals surface area contributed by atoms with Crippen LogP contribution in [0.3, 0.4) is 0 Å². The third-order valence-electron chi connectivity index (χ3n) is 2.15. The van der Waals surface area contributed by atoms with Gasteiger partial charge >= 0.3 is 0 Å². The maximum atomic E-state index is 5.65. The molecule has 0 spiro atoms. The monoisotopic (exact) mass is 312 g/mol. The Morgan fingerprint density at radius 3 is 3.06 bits per heavy atom. The second-order valence-corrected chi connectivity index (χ2v) is 5.62. The highest BCUT2D eigenvalue weighted by molar-refractivity contribution is 9.10. The highest BCUT2D eigenvalue weighted by Gasteiger charge is 2.02. The van der Waals surface area contributed by atoms with Crippen molar-refractivity contribution < 1.29 is 4.74 Å². The molecule has 0 bridgehead atoms. The fourth-order valence-corrected chi connectivity index (χ4v) is 2.60. The van der Waals surface area contributed by atoms with Crippen LogP contribution in [0.1, 0.15) is 9.88 Å². The van der Waals surface area contributed by atoms with Crippen molar-refractivity contribution in [2.45, 2.75) is 13.0 Å². The summed E-state index contributed by atoms with van der Waals surface area (Å²) in [4.78, 5) is 5.51. The van der Waals surface area contributed by atoms with Crippen molar-refractivity contribution >= 4 is 27.3 Å². The predicted molar refractivity (Wildman–Crippen MR) is 73.3 cm³/mol. The van der Waals surface area contributed by atoms with Crippen LogP contribution in [0.5, 0.6) is 5.75 Å². The summed E-state index contributed by atoms with van der Waals surface area (Å²) in [6.45, 7) is 1.17. The number of thiazole rings is 1. The Balaban J connectivity index is 1.93. The first-order valence-corrected chi connectivity index (χ1v) is 6.91. The average Bonchev–Trinajstić information content (AvgIpc) is 2.75. The largest absolute Gasteiger partial charge is 0.486 e. The van der Waals surface area contributed by atoms with Gasteiger partial charge in [-0.2, -0.15) is 0 Å². The van der Waals surface area contributed by atoms with E-state index in [-0.39, 0.29) is 0 Å². The van der Waals surface area contributed by atoms with Crippen LogP contribution in [0.4, 0.5) is 0 Å². The van der Waals surface area contributed by atoms with Gasteiger partial charge in [-0.25, -0.2) is 4.98 Å². The van der Waals surface area contributed by atoms with Gasteiger partial charge in [-0.05, 0) is 31.2 Å². The van der Waals surface area contributed by atoms with E-state index < -0.39 is 0 Å². The van der Waals surface area contributed by atoms with E-state index in [1.807, 2.05) is 30.5 Å². The van der Waals surface area contributed by atoms with Crippen LogP contribution >= 0.6 is 27.3 Å². The molecule has 0 aliphatic carbocycles. The van der Waals surface area contributed by atoms with Gasteiger partial charge in [-0.3, -0.25) is 0 Å². The molecule has 0 fully saturated rings. The lowest BCUT2D eigenvalue weighted by Gasteiger charge is -2.03. The van der Waals surface area contributed by atoms with E-state index in [0.717, 1.165) is 21.7 Å². The number of benzene rings is 1. The molecule has 0 radical (unpaired) electrons. The maximum absolute atomic E-state index is 5.65. The number of ether oxygens (including phenoxy) is 1. The Morgan fingerprint density at radius 1 is 1.41 bits per heavy atom. The zero-order valence-corrected chi connectivity index (χ0v) is 11.6. The molecule has 3 nitrogen and oxygen atoms in total. The van der Waals surface area contributed by atoms with E-state index in [2.05, 4.69) is 20.9 Å². The summed E-state index contributed by atoms with van der Waals surface area (Å²) >= 11 is 5.06. The zero-order valence-electron chi connectivity index (χ0n) is 9.23. The summed E-state index contributed by atoms with van der Waals surface area (Å²) in [5.74, 6) is 0.843. The number of hydrogen-bond acceptors (Lipinski definition) is 4. The van der Waals surface area contributed by atoms with Crippen molar-refractivity contribution in [1.29, 1.82) is 0 Å². The molecular weight excluding hydrogens is 300 g/mol. The van der Waals surface area contributed by atoms with E-state index >= 15 is 0 Å². The fraction of sp³-hybridized carbons (Fsp3) is 0.250. The summed E-state index contributed by atoms with van der Waals surface area (Å²) in [6, 6.07) is 7.78. The van der Waals surface area contributed by atoms with Gasteiger partial charge in [0.2, 0.25) is 0 Å². The number of hydrogen-bond donors (Lipinski definition) is 1. The van der Waals surface area contributed by atoms with E-state index in [1.165, 1.54) is 4.88 Å². The van der Waals surface area contributed by atoms with Gasteiger partial charge in [0.25, 0.3) is 0 Å². The van der Waals surface area contributed by atoms with Crippen LogP contribution in [0.15, 0.2) is 34.9 Å². The van der Waals surface area contributed by atoms with Gasteiger partial charge in [0.15, 0.2) is 0 Å². The molecule has 0 saturated carbocycles. The van der Waals surface area contributed by atoms with Crippen LogP contribution in [-0.2, 0) is 13.0 Å². The molecule has 0 unspecified atom stereocenters. The predicted octanol–water partition coefficient (Wildman–Crippen LogP) is 2.99. The molecule has 0 aliphatic heterocycles. The van der Waals surface area contributed by atoms with Crippen molar-refractivity contribution in [3.63, 3.8) is 0 Å². The third-order valence-corrected chi connectivity index (χ3v) is 3.67. The molecule has 1 aromatic heterocycles. The van der Waals surface area contributed by atoms with Gasteiger partial charge in [-0.15, -0.1) is 11.3 Å².